The van der Waals surface area contributed by atoms with Crippen molar-refractivity contribution in [1.82, 2.24) is 4.90 Å². The lowest BCUT2D eigenvalue weighted by Crippen LogP contribution is -2.64. The van der Waals surface area contributed by atoms with E-state index < -0.39 is 0 Å². The molecule has 4 atom stereocenters. The fraction of sp³-hybridized carbons (Fsp3) is 0.297. The van der Waals surface area contributed by atoms with Gasteiger partial charge in [-0.1, -0.05) is 127 Å². The molecule has 1 saturated heterocycles. The number of likely N-dealkylation sites (tertiary alicyclic amines) is 1. The molecule has 218 valence electrons. The molecule has 1 aliphatic rings. The van der Waals surface area contributed by atoms with Crippen molar-refractivity contribution in [3.05, 3.63) is 156 Å². The van der Waals surface area contributed by atoms with Gasteiger partial charge >= 0.3 is 0 Å². The minimum Gasteiger partial charge on any atom is -0.375 e. The molecule has 0 aliphatic carbocycles. The molecule has 1 heterocycles. The smallest absolute Gasteiger partial charge is 0.113 e. The van der Waals surface area contributed by atoms with E-state index in [4.69, 9.17) is 18.9 Å². The van der Waals surface area contributed by atoms with Crippen LogP contribution in [0.5, 0.6) is 0 Å². The van der Waals surface area contributed by atoms with Gasteiger partial charge in [0.15, 0.2) is 0 Å². The van der Waals surface area contributed by atoms with Crippen LogP contribution in [0, 0.1) is 0 Å². The van der Waals surface area contributed by atoms with Crippen LogP contribution in [-0.2, 0) is 45.4 Å². The van der Waals surface area contributed by atoms with Gasteiger partial charge in [0, 0.05) is 13.1 Å². The first-order chi connectivity index (χ1) is 20.8. The van der Waals surface area contributed by atoms with Gasteiger partial charge in [-0.05, 0) is 22.3 Å². The average molecular weight is 564 g/mol. The second-order valence-electron chi connectivity index (χ2n) is 10.7. The van der Waals surface area contributed by atoms with E-state index in [2.05, 4.69) is 60.0 Å². The highest BCUT2D eigenvalue weighted by Crippen LogP contribution is 2.29. The standard InChI is InChI=1S/C37H41NO4/c1-2-23-38-24-35(40-26-31-17-9-4-10-18-31)37(42-28-33-21-13-6-14-22-33)36(41-27-32-19-11-5-12-20-32)34(38)29-39-25-30-15-7-3-8-16-30/h2-22,34-37H,1,23-29H2/t34-,35-,36-,37-/m1/s1. The lowest BCUT2D eigenvalue weighted by molar-refractivity contribution is -0.209. The highest BCUT2D eigenvalue weighted by Gasteiger charge is 2.45. The zero-order valence-corrected chi connectivity index (χ0v) is 24.2. The van der Waals surface area contributed by atoms with Crippen LogP contribution in [0.2, 0.25) is 0 Å². The molecular formula is C37H41NO4. The Labute approximate surface area is 250 Å². The quantitative estimate of drug-likeness (QED) is 0.148. The van der Waals surface area contributed by atoms with Crippen LogP contribution < -0.4 is 0 Å². The molecule has 0 saturated carbocycles. The fourth-order valence-electron chi connectivity index (χ4n) is 5.42. The predicted molar refractivity (Wildman–Crippen MR) is 167 cm³/mol. The Bertz CT molecular complexity index is 1300. The number of ether oxygens (including phenoxy) is 4. The molecule has 5 rings (SSSR count). The topological polar surface area (TPSA) is 40.2 Å². The van der Waals surface area contributed by atoms with Gasteiger partial charge in [-0.15, -0.1) is 6.58 Å². The number of hydrogen-bond donors (Lipinski definition) is 0. The second-order valence-corrected chi connectivity index (χ2v) is 10.7. The van der Waals surface area contributed by atoms with Crippen LogP contribution in [-0.4, -0.2) is 49.0 Å². The maximum Gasteiger partial charge on any atom is 0.113 e. The molecule has 4 aromatic carbocycles. The van der Waals surface area contributed by atoms with Crippen molar-refractivity contribution >= 4 is 0 Å². The molecule has 0 amide bonds. The van der Waals surface area contributed by atoms with Crippen molar-refractivity contribution in [3.8, 4) is 0 Å². The number of nitrogens with zero attached hydrogens (tertiary/aromatic N) is 1. The highest BCUT2D eigenvalue weighted by molar-refractivity contribution is 5.16. The third-order valence-electron chi connectivity index (χ3n) is 7.59. The summed E-state index contributed by atoms with van der Waals surface area (Å²) in [5.41, 5.74) is 4.51. The van der Waals surface area contributed by atoms with E-state index in [1.165, 1.54) is 0 Å². The van der Waals surface area contributed by atoms with Crippen LogP contribution in [0.25, 0.3) is 0 Å². The maximum absolute atomic E-state index is 6.78. The van der Waals surface area contributed by atoms with Gasteiger partial charge in [0.05, 0.1) is 45.2 Å². The number of hydrogen-bond acceptors (Lipinski definition) is 5. The molecule has 0 unspecified atom stereocenters. The van der Waals surface area contributed by atoms with Gasteiger partial charge in [-0.25, -0.2) is 0 Å². The Balaban J connectivity index is 1.40. The molecule has 0 spiro atoms. The molecule has 0 N–H and O–H groups in total. The maximum atomic E-state index is 6.78. The molecule has 4 aromatic rings. The Morgan fingerprint density at radius 1 is 0.571 bits per heavy atom. The van der Waals surface area contributed by atoms with Gasteiger partial charge in [0.2, 0.25) is 0 Å². The normalized spacial score (nSPS) is 20.8. The largest absolute Gasteiger partial charge is 0.375 e. The zero-order valence-electron chi connectivity index (χ0n) is 24.2. The predicted octanol–water partition coefficient (Wildman–Crippen LogP) is 6.83. The van der Waals surface area contributed by atoms with E-state index in [-0.39, 0.29) is 24.4 Å². The first kappa shape index (κ1) is 29.9. The molecule has 1 aliphatic heterocycles. The molecule has 5 heteroatoms. The third kappa shape index (κ3) is 8.71. The summed E-state index contributed by atoms with van der Waals surface area (Å²) >= 11 is 0. The summed E-state index contributed by atoms with van der Waals surface area (Å²) in [6, 6.07) is 41.1. The Kier molecular flexibility index (Phi) is 11.5. The number of benzene rings is 4. The van der Waals surface area contributed by atoms with Crippen LogP contribution in [0.15, 0.2) is 134 Å². The number of rotatable bonds is 15. The van der Waals surface area contributed by atoms with E-state index in [1.807, 2.05) is 78.9 Å². The average Bonchev–Trinajstić information content (AvgIpc) is 3.05. The molecular weight excluding hydrogens is 522 g/mol. The van der Waals surface area contributed by atoms with E-state index in [1.54, 1.807) is 0 Å². The summed E-state index contributed by atoms with van der Waals surface area (Å²) < 4.78 is 26.5. The SMILES string of the molecule is C=CCN1C[C@@H](OCc2ccccc2)[C@@H](OCc2ccccc2)[C@H](OCc2ccccc2)[C@H]1COCc1ccccc1. The Morgan fingerprint density at radius 2 is 1.00 bits per heavy atom. The van der Waals surface area contributed by atoms with Crippen molar-refractivity contribution in [1.29, 1.82) is 0 Å². The van der Waals surface area contributed by atoms with Gasteiger partial charge in [0.25, 0.3) is 0 Å². The van der Waals surface area contributed by atoms with Crippen molar-refractivity contribution in [2.24, 2.45) is 0 Å². The first-order valence-corrected chi connectivity index (χ1v) is 14.7. The Hall–Kier alpha value is -3.58. The highest BCUT2D eigenvalue weighted by atomic mass is 16.6. The lowest BCUT2D eigenvalue weighted by atomic mass is 9.93. The van der Waals surface area contributed by atoms with Crippen molar-refractivity contribution in [2.45, 2.75) is 50.8 Å². The molecule has 42 heavy (non-hydrogen) atoms. The summed E-state index contributed by atoms with van der Waals surface area (Å²) in [6.07, 6.45) is 1.14. The minimum atomic E-state index is -0.302. The summed E-state index contributed by atoms with van der Waals surface area (Å²) in [4.78, 5) is 2.37. The van der Waals surface area contributed by atoms with Gasteiger partial charge in [-0.3, -0.25) is 4.90 Å². The second kappa shape index (κ2) is 16.2. The van der Waals surface area contributed by atoms with Gasteiger partial charge in [-0.2, -0.15) is 0 Å². The molecule has 0 aromatic heterocycles. The van der Waals surface area contributed by atoms with Crippen LogP contribution >= 0.6 is 0 Å². The fourth-order valence-corrected chi connectivity index (χ4v) is 5.42. The van der Waals surface area contributed by atoms with Crippen molar-refractivity contribution in [2.75, 3.05) is 19.7 Å². The zero-order chi connectivity index (χ0) is 28.8. The lowest BCUT2D eigenvalue weighted by Gasteiger charge is -2.48. The summed E-state index contributed by atoms with van der Waals surface area (Å²) in [5, 5.41) is 0. The summed E-state index contributed by atoms with van der Waals surface area (Å²) in [5.74, 6) is 0. The van der Waals surface area contributed by atoms with Crippen LogP contribution in [0.4, 0.5) is 0 Å². The van der Waals surface area contributed by atoms with Gasteiger partial charge in [0.1, 0.15) is 12.2 Å². The van der Waals surface area contributed by atoms with Gasteiger partial charge < -0.3 is 18.9 Å². The van der Waals surface area contributed by atoms with E-state index >= 15 is 0 Å². The Morgan fingerprint density at radius 3 is 1.48 bits per heavy atom. The van der Waals surface area contributed by atoms with Crippen LogP contribution in [0.1, 0.15) is 22.3 Å². The van der Waals surface area contributed by atoms with Crippen molar-refractivity contribution in [3.63, 3.8) is 0 Å². The molecule has 0 bridgehead atoms. The monoisotopic (exact) mass is 563 g/mol. The van der Waals surface area contributed by atoms with E-state index in [0.29, 0.717) is 46.1 Å². The summed E-state index contributed by atoms with van der Waals surface area (Å²) in [7, 11) is 0. The molecule has 5 nitrogen and oxygen atoms in total. The third-order valence-corrected chi connectivity index (χ3v) is 7.59. The van der Waals surface area contributed by atoms with E-state index in [9.17, 15) is 0 Å². The molecule has 0 radical (unpaired) electrons. The molecule has 1 fully saturated rings. The minimum absolute atomic E-state index is 0.0484. The van der Waals surface area contributed by atoms with Crippen molar-refractivity contribution < 1.29 is 18.9 Å². The number of piperidine rings is 1. The summed E-state index contributed by atoms with van der Waals surface area (Å²) in [6.45, 7) is 7.91. The first-order valence-electron chi connectivity index (χ1n) is 14.7. The van der Waals surface area contributed by atoms with E-state index in [0.717, 1.165) is 22.3 Å². The van der Waals surface area contributed by atoms with Crippen LogP contribution in [0.3, 0.4) is 0 Å².